The molecule has 0 aliphatic heterocycles. The van der Waals surface area contributed by atoms with Gasteiger partial charge >= 0.3 is 6.18 Å². The number of carbonyl (C=O) groups is 1. The van der Waals surface area contributed by atoms with Gasteiger partial charge in [-0.15, -0.1) is 0 Å². The Kier molecular flexibility index (Phi) is 5.11. The van der Waals surface area contributed by atoms with Crippen LogP contribution in [0.2, 0.25) is 0 Å². The van der Waals surface area contributed by atoms with Gasteiger partial charge in [-0.3, -0.25) is 4.79 Å². The largest absolute Gasteiger partial charge is 0.496 e. The van der Waals surface area contributed by atoms with E-state index in [0.717, 1.165) is 18.2 Å². The Morgan fingerprint density at radius 3 is 2.29 bits per heavy atom. The van der Waals surface area contributed by atoms with E-state index in [9.17, 15) is 22.4 Å². The van der Waals surface area contributed by atoms with Crippen LogP contribution in [0.4, 0.5) is 17.6 Å². The number of benzene rings is 2. The molecular formula is C17H15F4NO2. The molecule has 0 N–H and O–H groups in total. The lowest BCUT2D eigenvalue weighted by Gasteiger charge is -2.19. The lowest BCUT2D eigenvalue weighted by atomic mass is 10.1. The second kappa shape index (κ2) is 6.90. The molecule has 2 rings (SSSR count). The van der Waals surface area contributed by atoms with Crippen molar-refractivity contribution in [3.63, 3.8) is 0 Å². The second-order valence-corrected chi connectivity index (χ2v) is 5.20. The minimum absolute atomic E-state index is 0.0481. The van der Waals surface area contributed by atoms with Crippen molar-refractivity contribution in [3.05, 3.63) is 65.0 Å². The number of methoxy groups -OCH3 is 1. The molecule has 0 fully saturated rings. The van der Waals surface area contributed by atoms with Crippen LogP contribution >= 0.6 is 0 Å². The van der Waals surface area contributed by atoms with Crippen LogP contribution in [0.1, 0.15) is 21.5 Å². The average Bonchev–Trinajstić information content (AvgIpc) is 2.53. The zero-order valence-corrected chi connectivity index (χ0v) is 13.0. The Morgan fingerprint density at radius 1 is 1.12 bits per heavy atom. The maximum Gasteiger partial charge on any atom is 0.416 e. The van der Waals surface area contributed by atoms with Crippen molar-refractivity contribution in [1.82, 2.24) is 4.90 Å². The molecule has 0 heterocycles. The molecule has 1 amide bonds. The number of amides is 1. The summed E-state index contributed by atoms with van der Waals surface area (Å²) in [5, 5.41) is 0. The number of nitrogens with zero attached hydrogens (tertiary/aromatic N) is 1. The fourth-order valence-electron chi connectivity index (χ4n) is 2.20. The summed E-state index contributed by atoms with van der Waals surface area (Å²) in [6.07, 6.45) is -4.41. The number of halogens is 4. The lowest BCUT2D eigenvalue weighted by molar-refractivity contribution is -0.137. The molecule has 128 valence electrons. The molecule has 3 nitrogen and oxygen atoms in total. The highest BCUT2D eigenvalue weighted by atomic mass is 19.4. The van der Waals surface area contributed by atoms with E-state index in [4.69, 9.17) is 4.74 Å². The van der Waals surface area contributed by atoms with Gasteiger partial charge in [0.1, 0.15) is 11.6 Å². The summed E-state index contributed by atoms with van der Waals surface area (Å²) in [5.41, 5.74) is -0.187. The SMILES string of the molecule is COc1ccc(F)cc1C(=O)N(C)Cc1ccc(C(F)(F)F)cc1. The van der Waals surface area contributed by atoms with E-state index < -0.39 is 23.5 Å². The molecule has 0 aliphatic rings. The van der Waals surface area contributed by atoms with E-state index in [1.54, 1.807) is 0 Å². The third-order valence-electron chi connectivity index (χ3n) is 3.44. The molecule has 24 heavy (non-hydrogen) atoms. The highest BCUT2D eigenvalue weighted by Gasteiger charge is 2.30. The van der Waals surface area contributed by atoms with Gasteiger partial charge in [-0.05, 0) is 35.9 Å². The number of alkyl halides is 3. The van der Waals surface area contributed by atoms with E-state index >= 15 is 0 Å². The van der Waals surface area contributed by atoms with Gasteiger partial charge < -0.3 is 9.64 Å². The molecule has 7 heteroatoms. The number of hydrogen-bond donors (Lipinski definition) is 0. The zero-order chi connectivity index (χ0) is 17.9. The first kappa shape index (κ1) is 17.8. The van der Waals surface area contributed by atoms with Crippen LogP contribution < -0.4 is 4.74 Å². The smallest absolute Gasteiger partial charge is 0.416 e. The molecule has 0 radical (unpaired) electrons. The average molecular weight is 341 g/mol. The van der Waals surface area contributed by atoms with Crippen molar-refractivity contribution in [1.29, 1.82) is 0 Å². The normalized spacial score (nSPS) is 11.2. The van der Waals surface area contributed by atoms with Crippen LogP contribution in [0.25, 0.3) is 0 Å². The van der Waals surface area contributed by atoms with Gasteiger partial charge in [-0.2, -0.15) is 13.2 Å². The second-order valence-electron chi connectivity index (χ2n) is 5.20. The molecule has 2 aromatic carbocycles. The molecule has 0 saturated heterocycles. The molecule has 0 aliphatic carbocycles. The third-order valence-corrected chi connectivity index (χ3v) is 3.44. The Bertz CT molecular complexity index is 726. The summed E-state index contributed by atoms with van der Waals surface area (Å²) in [4.78, 5) is 13.7. The number of ether oxygens (including phenoxy) is 1. The van der Waals surface area contributed by atoms with Crippen LogP contribution in [0.15, 0.2) is 42.5 Å². The molecule has 0 spiro atoms. The van der Waals surface area contributed by atoms with Gasteiger partial charge in [0.25, 0.3) is 5.91 Å². The van der Waals surface area contributed by atoms with Crippen molar-refractivity contribution >= 4 is 5.91 Å². The van der Waals surface area contributed by atoms with Gasteiger partial charge in [0.2, 0.25) is 0 Å². The van der Waals surface area contributed by atoms with Gasteiger partial charge in [-0.1, -0.05) is 12.1 Å². The summed E-state index contributed by atoms with van der Waals surface area (Å²) in [6, 6.07) is 8.09. The Morgan fingerprint density at radius 2 is 1.75 bits per heavy atom. The molecule has 0 saturated carbocycles. The Labute approximate surface area is 136 Å². The highest BCUT2D eigenvalue weighted by molar-refractivity contribution is 5.96. The molecule has 0 atom stereocenters. The van der Waals surface area contributed by atoms with E-state index in [1.165, 1.54) is 43.3 Å². The first-order chi connectivity index (χ1) is 11.2. The van der Waals surface area contributed by atoms with Crippen LogP contribution in [0.3, 0.4) is 0 Å². The minimum atomic E-state index is -4.41. The Hall–Kier alpha value is -2.57. The van der Waals surface area contributed by atoms with Gasteiger partial charge in [0.05, 0.1) is 18.2 Å². The number of carbonyl (C=O) groups excluding carboxylic acids is 1. The van der Waals surface area contributed by atoms with Crippen molar-refractivity contribution in [2.75, 3.05) is 14.2 Å². The number of hydrogen-bond acceptors (Lipinski definition) is 2. The Balaban J connectivity index is 2.16. The van der Waals surface area contributed by atoms with Crippen LogP contribution in [0.5, 0.6) is 5.75 Å². The fourth-order valence-corrected chi connectivity index (χ4v) is 2.20. The summed E-state index contributed by atoms with van der Waals surface area (Å²) in [7, 11) is 2.84. The topological polar surface area (TPSA) is 29.5 Å². The fraction of sp³-hybridized carbons (Fsp3) is 0.235. The van der Waals surface area contributed by atoms with E-state index in [-0.39, 0.29) is 17.9 Å². The van der Waals surface area contributed by atoms with Crippen LogP contribution in [0, 0.1) is 5.82 Å². The summed E-state index contributed by atoms with van der Waals surface area (Å²) in [5.74, 6) is -0.853. The standard InChI is InChI=1S/C17H15F4NO2/c1-22(10-11-3-5-12(6-4-11)17(19,20)21)16(23)14-9-13(18)7-8-15(14)24-2/h3-9H,10H2,1-2H3. The number of rotatable bonds is 4. The quantitative estimate of drug-likeness (QED) is 0.783. The van der Waals surface area contributed by atoms with E-state index in [0.29, 0.717) is 5.56 Å². The van der Waals surface area contributed by atoms with Crippen molar-refractivity contribution in [3.8, 4) is 5.75 Å². The van der Waals surface area contributed by atoms with Crippen molar-refractivity contribution in [2.45, 2.75) is 12.7 Å². The predicted molar refractivity (Wildman–Crippen MR) is 80.2 cm³/mol. The van der Waals surface area contributed by atoms with Crippen LogP contribution in [-0.4, -0.2) is 25.0 Å². The summed E-state index contributed by atoms with van der Waals surface area (Å²) in [6.45, 7) is 0.0800. The lowest BCUT2D eigenvalue weighted by Crippen LogP contribution is -2.26. The van der Waals surface area contributed by atoms with Crippen molar-refractivity contribution < 1.29 is 27.1 Å². The highest BCUT2D eigenvalue weighted by Crippen LogP contribution is 2.29. The van der Waals surface area contributed by atoms with Gasteiger partial charge in [0.15, 0.2) is 0 Å². The molecule has 0 aromatic heterocycles. The maximum absolute atomic E-state index is 13.4. The van der Waals surface area contributed by atoms with Gasteiger partial charge in [0, 0.05) is 13.6 Å². The first-order valence-electron chi connectivity index (χ1n) is 6.97. The predicted octanol–water partition coefficient (Wildman–Crippen LogP) is 4.13. The monoisotopic (exact) mass is 341 g/mol. The summed E-state index contributed by atoms with van der Waals surface area (Å²) >= 11 is 0. The van der Waals surface area contributed by atoms with E-state index in [2.05, 4.69) is 0 Å². The molecular weight excluding hydrogens is 326 g/mol. The minimum Gasteiger partial charge on any atom is -0.496 e. The first-order valence-corrected chi connectivity index (χ1v) is 6.97. The molecule has 0 unspecified atom stereocenters. The molecule has 2 aromatic rings. The van der Waals surface area contributed by atoms with Crippen molar-refractivity contribution in [2.24, 2.45) is 0 Å². The maximum atomic E-state index is 13.4. The van der Waals surface area contributed by atoms with Gasteiger partial charge in [-0.25, -0.2) is 4.39 Å². The van der Waals surface area contributed by atoms with Crippen LogP contribution in [-0.2, 0) is 12.7 Å². The zero-order valence-electron chi connectivity index (χ0n) is 13.0. The summed E-state index contributed by atoms with van der Waals surface area (Å²) < 4.78 is 56.0. The van der Waals surface area contributed by atoms with E-state index in [1.807, 2.05) is 0 Å². The third kappa shape index (κ3) is 4.04. The molecule has 0 bridgehead atoms.